The second-order valence-electron chi connectivity index (χ2n) is 5.66. The van der Waals surface area contributed by atoms with Gasteiger partial charge in [-0.15, -0.1) is 11.3 Å². The Balaban J connectivity index is 1.81. The molecule has 0 aliphatic carbocycles. The average molecular weight is 356 g/mol. The van der Waals surface area contributed by atoms with E-state index in [2.05, 4.69) is 5.32 Å². The Kier molecular flexibility index (Phi) is 5.50. The second kappa shape index (κ2) is 7.98. The van der Waals surface area contributed by atoms with Gasteiger partial charge in [-0.1, -0.05) is 25.1 Å². The van der Waals surface area contributed by atoms with Crippen LogP contribution in [0.4, 0.5) is 5.69 Å². The third-order valence-electron chi connectivity index (χ3n) is 3.81. The first kappa shape index (κ1) is 17.2. The lowest BCUT2D eigenvalue weighted by Crippen LogP contribution is -2.50. The van der Waals surface area contributed by atoms with Crippen LogP contribution in [0, 0.1) is 0 Å². The number of anilines is 1. The molecule has 0 saturated carbocycles. The molecule has 6 heteroatoms. The minimum absolute atomic E-state index is 0.169. The first-order valence-electron chi connectivity index (χ1n) is 8.25. The van der Waals surface area contributed by atoms with Gasteiger partial charge in [0.2, 0.25) is 0 Å². The van der Waals surface area contributed by atoms with Crippen molar-refractivity contribution in [1.82, 2.24) is 5.32 Å². The van der Waals surface area contributed by atoms with E-state index >= 15 is 0 Å². The molecule has 0 radical (unpaired) electrons. The summed E-state index contributed by atoms with van der Waals surface area (Å²) in [6, 6.07) is 11.2. The molecule has 1 aromatic carbocycles. The third kappa shape index (κ3) is 4.09. The summed E-state index contributed by atoms with van der Waals surface area (Å²) in [4.78, 5) is 27.6. The monoisotopic (exact) mass is 356 g/mol. The normalized spacial score (nSPS) is 16.4. The number of ether oxygens (including phenoxy) is 1. The maximum Gasteiger partial charge on any atom is 0.262 e. The lowest BCUT2D eigenvalue weighted by Gasteiger charge is -2.33. The van der Waals surface area contributed by atoms with Crippen LogP contribution >= 0.6 is 11.3 Å². The Morgan fingerprint density at radius 1 is 1.32 bits per heavy atom. The molecule has 2 amide bonds. The van der Waals surface area contributed by atoms with E-state index in [1.165, 1.54) is 6.08 Å². The van der Waals surface area contributed by atoms with E-state index in [1.54, 1.807) is 28.4 Å². The van der Waals surface area contributed by atoms with Crippen LogP contribution in [0.5, 0.6) is 5.75 Å². The van der Waals surface area contributed by atoms with E-state index in [1.807, 2.05) is 42.6 Å². The van der Waals surface area contributed by atoms with Gasteiger partial charge in [-0.25, -0.2) is 0 Å². The smallest absolute Gasteiger partial charge is 0.262 e. The van der Waals surface area contributed by atoms with Crippen molar-refractivity contribution < 1.29 is 14.3 Å². The summed E-state index contributed by atoms with van der Waals surface area (Å²) >= 11 is 1.57. The van der Waals surface area contributed by atoms with E-state index in [-0.39, 0.29) is 18.4 Å². The fourth-order valence-corrected chi connectivity index (χ4v) is 3.19. The highest BCUT2D eigenvalue weighted by molar-refractivity contribution is 7.10. The Labute approximate surface area is 150 Å². The van der Waals surface area contributed by atoms with Crippen molar-refractivity contribution in [2.24, 2.45) is 0 Å². The molecule has 25 heavy (non-hydrogen) atoms. The molecule has 3 rings (SSSR count). The molecule has 0 bridgehead atoms. The van der Waals surface area contributed by atoms with Crippen LogP contribution < -0.4 is 15.0 Å². The van der Waals surface area contributed by atoms with Crippen LogP contribution in [-0.2, 0) is 9.59 Å². The Morgan fingerprint density at radius 3 is 2.92 bits per heavy atom. The maximum atomic E-state index is 12.7. The molecular weight excluding hydrogens is 336 g/mol. The van der Waals surface area contributed by atoms with Crippen LogP contribution in [0.25, 0.3) is 6.08 Å². The molecule has 130 valence electrons. The number of nitrogens with one attached hydrogen (secondary N) is 1. The van der Waals surface area contributed by atoms with E-state index in [9.17, 15) is 9.59 Å². The van der Waals surface area contributed by atoms with Gasteiger partial charge in [0, 0.05) is 17.5 Å². The van der Waals surface area contributed by atoms with Crippen LogP contribution in [0.1, 0.15) is 18.2 Å². The largest absolute Gasteiger partial charge is 0.477 e. The van der Waals surface area contributed by atoms with Gasteiger partial charge < -0.3 is 15.0 Å². The fraction of sp³-hybridized carbons (Fsp3) is 0.263. The number of para-hydroxylation sites is 2. The van der Waals surface area contributed by atoms with E-state index in [0.717, 1.165) is 11.3 Å². The summed E-state index contributed by atoms with van der Waals surface area (Å²) in [5.41, 5.74) is 0.683. The van der Waals surface area contributed by atoms with Crippen molar-refractivity contribution in [3.05, 3.63) is 52.7 Å². The van der Waals surface area contributed by atoms with Crippen LogP contribution in [0.15, 0.2) is 47.9 Å². The number of fused-ring (bicyclic) bond motifs is 1. The molecule has 1 aromatic heterocycles. The highest BCUT2D eigenvalue weighted by atomic mass is 32.1. The first-order chi connectivity index (χ1) is 12.2. The SMILES string of the molecule is CCCNC(=O)C1CN(C(=O)/C=C/c2cccs2)c2ccccc2O1. The molecule has 1 aliphatic rings. The van der Waals surface area contributed by atoms with E-state index < -0.39 is 6.10 Å². The molecule has 1 atom stereocenters. The summed E-state index contributed by atoms with van der Waals surface area (Å²) in [7, 11) is 0. The summed E-state index contributed by atoms with van der Waals surface area (Å²) in [5.74, 6) is 0.178. The maximum absolute atomic E-state index is 12.7. The minimum Gasteiger partial charge on any atom is -0.477 e. The van der Waals surface area contributed by atoms with Crippen molar-refractivity contribution in [1.29, 1.82) is 0 Å². The van der Waals surface area contributed by atoms with E-state index in [0.29, 0.717) is 18.0 Å². The summed E-state index contributed by atoms with van der Waals surface area (Å²) in [5, 5.41) is 4.79. The molecule has 0 saturated heterocycles. The number of nitrogens with zero attached hydrogens (tertiary/aromatic N) is 1. The molecule has 0 fully saturated rings. The lowest BCUT2D eigenvalue weighted by molar-refractivity contribution is -0.128. The van der Waals surface area contributed by atoms with Crippen molar-refractivity contribution in [3.8, 4) is 5.75 Å². The van der Waals surface area contributed by atoms with Gasteiger partial charge in [-0.2, -0.15) is 0 Å². The predicted molar refractivity (Wildman–Crippen MR) is 99.9 cm³/mol. The zero-order valence-corrected chi connectivity index (χ0v) is 14.8. The molecule has 5 nitrogen and oxygen atoms in total. The van der Waals surface area contributed by atoms with Crippen molar-refractivity contribution in [2.75, 3.05) is 18.0 Å². The van der Waals surface area contributed by atoms with E-state index in [4.69, 9.17) is 4.74 Å². The molecule has 1 unspecified atom stereocenters. The second-order valence-corrected chi connectivity index (χ2v) is 6.64. The van der Waals surface area contributed by atoms with Gasteiger partial charge in [-0.05, 0) is 36.1 Å². The van der Waals surface area contributed by atoms with Gasteiger partial charge in [0.15, 0.2) is 6.10 Å². The highest BCUT2D eigenvalue weighted by Gasteiger charge is 2.32. The lowest BCUT2D eigenvalue weighted by atomic mass is 10.1. The number of carbonyl (C=O) groups is 2. The Morgan fingerprint density at radius 2 is 2.16 bits per heavy atom. The van der Waals surface area contributed by atoms with Crippen molar-refractivity contribution in [2.45, 2.75) is 19.4 Å². The average Bonchev–Trinajstić information content (AvgIpc) is 3.16. The topological polar surface area (TPSA) is 58.6 Å². The standard InChI is InChI=1S/C19H20N2O3S/c1-2-11-20-19(23)17-13-21(15-7-3-4-8-16(15)24-17)18(22)10-9-14-6-5-12-25-14/h3-10,12,17H,2,11,13H2,1H3,(H,20,23)/b10-9+. The zero-order valence-electron chi connectivity index (χ0n) is 14.0. The molecule has 1 aliphatic heterocycles. The molecule has 2 heterocycles. The number of rotatable bonds is 5. The van der Waals surface area contributed by atoms with Crippen LogP contribution in [-0.4, -0.2) is 31.0 Å². The van der Waals surface area contributed by atoms with Gasteiger partial charge >= 0.3 is 0 Å². The number of hydrogen-bond donors (Lipinski definition) is 1. The van der Waals surface area contributed by atoms with Gasteiger partial charge in [0.05, 0.1) is 12.2 Å². The third-order valence-corrected chi connectivity index (χ3v) is 4.65. The molecule has 2 aromatic rings. The number of carbonyl (C=O) groups excluding carboxylic acids is 2. The zero-order chi connectivity index (χ0) is 17.6. The van der Waals surface area contributed by atoms with Gasteiger partial charge in [-0.3, -0.25) is 9.59 Å². The number of benzene rings is 1. The number of thiophene rings is 1. The van der Waals surface area contributed by atoms with Gasteiger partial charge in [0.1, 0.15) is 5.75 Å². The Hall–Kier alpha value is -2.60. The summed E-state index contributed by atoms with van der Waals surface area (Å²) < 4.78 is 5.79. The van der Waals surface area contributed by atoms with Gasteiger partial charge in [0.25, 0.3) is 11.8 Å². The summed E-state index contributed by atoms with van der Waals surface area (Å²) in [6.07, 6.45) is 3.47. The Bertz CT molecular complexity index is 771. The fourth-order valence-electron chi connectivity index (χ4n) is 2.57. The highest BCUT2D eigenvalue weighted by Crippen LogP contribution is 2.33. The van der Waals surface area contributed by atoms with Crippen LogP contribution in [0.2, 0.25) is 0 Å². The number of hydrogen-bond acceptors (Lipinski definition) is 4. The predicted octanol–water partition coefficient (Wildman–Crippen LogP) is 3.08. The molecular formula is C19H20N2O3S. The minimum atomic E-state index is -0.708. The van der Waals surface area contributed by atoms with Crippen molar-refractivity contribution in [3.63, 3.8) is 0 Å². The molecule has 0 spiro atoms. The molecule has 1 N–H and O–H groups in total. The first-order valence-corrected chi connectivity index (χ1v) is 9.13. The van der Waals surface area contributed by atoms with Crippen molar-refractivity contribution >= 4 is 34.9 Å². The summed E-state index contributed by atoms with van der Waals surface area (Å²) in [6.45, 7) is 2.77. The van der Waals surface area contributed by atoms with Crippen LogP contribution in [0.3, 0.4) is 0 Å². The number of amides is 2. The quantitative estimate of drug-likeness (QED) is 0.838.